The number of nitrogens with one attached hydrogen (secondary N) is 1. The molecule has 0 atom stereocenters. The molecule has 7 nitrogen and oxygen atoms in total. The first-order valence-electron chi connectivity index (χ1n) is 10.1. The first kappa shape index (κ1) is 25.8. The number of amides is 1. The Kier molecular flexibility index (Phi) is 8.03. The summed E-state index contributed by atoms with van der Waals surface area (Å²) in [5, 5.41) is 4.42. The summed E-state index contributed by atoms with van der Waals surface area (Å²) < 4.78 is 72.6. The van der Waals surface area contributed by atoms with Gasteiger partial charge in [0.05, 0.1) is 22.9 Å². The second kappa shape index (κ2) is 10.6. The molecule has 0 spiro atoms. The number of carbonyl (C=O) groups excluding carboxylic acids is 1. The van der Waals surface area contributed by atoms with Gasteiger partial charge in [0.1, 0.15) is 0 Å². The fourth-order valence-electron chi connectivity index (χ4n) is 2.97. The summed E-state index contributed by atoms with van der Waals surface area (Å²) in [4.78, 5) is 11.5. The molecular weight excluding hydrogens is 539 g/mol. The molecule has 0 aliphatic rings. The molecule has 0 aliphatic heterocycles. The van der Waals surface area contributed by atoms with E-state index < -0.39 is 28.0 Å². The van der Waals surface area contributed by atoms with Crippen molar-refractivity contribution in [3.05, 3.63) is 65.9 Å². The topological polar surface area (TPSA) is 90.3 Å². The summed E-state index contributed by atoms with van der Waals surface area (Å²) in [7, 11) is -4.23. The highest BCUT2D eigenvalue weighted by Crippen LogP contribution is 2.33. The van der Waals surface area contributed by atoms with Crippen LogP contribution >= 0.6 is 15.9 Å². The van der Waals surface area contributed by atoms with Crippen molar-refractivity contribution in [3.63, 3.8) is 0 Å². The molecule has 1 amide bonds. The zero-order valence-corrected chi connectivity index (χ0v) is 20.4. The molecule has 0 fully saturated rings. The van der Waals surface area contributed by atoms with Gasteiger partial charge in [-0.05, 0) is 50.1 Å². The number of unbranched alkanes of at least 4 members (excludes halogenated alkanes) is 1. The van der Waals surface area contributed by atoms with Crippen LogP contribution in [0.4, 0.5) is 18.0 Å². The number of carbonyl (C=O) groups is 1. The molecule has 0 bridgehead atoms. The summed E-state index contributed by atoms with van der Waals surface area (Å²) in [6, 6.07) is 12.8. The molecule has 182 valence electrons. The van der Waals surface area contributed by atoms with Crippen LogP contribution in [-0.2, 0) is 20.9 Å². The third-order valence-electron chi connectivity index (χ3n) is 4.72. The molecule has 0 saturated heterocycles. The lowest BCUT2D eigenvalue weighted by molar-refractivity contribution is -0.141. The number of hydrogen-bond acceptors (Lipinski definition) is 5. The van der Waals surface area contributed by atoms with Gasteiger partial charge in [0.25, 0.3) is 10.0 Å². The fraction of sp³-hybridized carbons (Fsp3) is 0.273. The highest BCUT2D eigenvalue weighted by atomic mass is 79.9. The van der Waals surface area contributed by atoms with Crippen LogP contribution < -0.4 is 4.72 Å². The van der Waals surface area contributed by atoms with E-state index >= 15 is 0 Å². The number of benzene rings is 2. The molecule has 12 heteroatoms. The lowest BCUT2D eigenvalue weighted by Crippen LogP contribution is -2.31. The van der Waals surface area contributed by atoms with E-state index in [1.54, 1.807) is 29.0 Å². The Labute approximate surface area is 203 Å². The van der Waals surface area contributed by atoms with Crippen LogP contribution in [0.2, 0.25) is 0 Å². The van der Waals surface area contributed by atoms with Crippen molar-refractivity contribution < 1.29 is 31.1 Å². The van der Waals surface area contributed by atoms with E-state index in [9.17, 15) is 26.4 Å². The van der Waals surface area contributed by atoms with Gasteiger partial charge in [0.15, 0.2) is 5.69 Å². The van der Waals surface area contributed by atoms with E-state index in [1.807, 2.05) is 6.92 Å². The van der Waals surface area contributed by atoms with Gasteiger partial charge in [-0.2, -0.15) is 18.3 Å². The largest absolute Gasteiger partial charge is 0.449 e. The fourth-order valence-corrected chi connectivity index (χ4v) is 4.26. The Bertz CT molecular complexity index is 1240. The Balaban J connectivity index is 1.87. The van der Waals surface area contributed by atoms with Crippen molar-refractivity contribution in [2.45, 2.75) is 30.8 Å². The van der Waals surface area contributed by atoms with Gasteiger partial charge in [0, 0.05) is 10.9 Å². The summed E-state index contributed by atoms with van der Waals surface area (Å²) in [6.45, 7) is 1.92. The van der Waals surface area contributed by atoms with Crippen LogP contribution in [0.1, 0.15) is 24.1 Å². The van der Waals surface area contributed by atoms with Crippen LogP contribution in [0.15, 0.2) is 59.5 Å². The molecule has 0 unspecified atom stereocenters. The number of rotatable bonds is 8. The van der Waals surface area contributed by atoms with E-state index in [1.165, 1.54) is 24.3 Å². The molecule has 1 N–H and O–H groups in total. The SMILES string of the molecule is Cc1ccc(-c2cc(C(F)(F)F)nn2-c2ccc(S(=O)(=O)NC(=O)OCCCCBr)cc2)cc1. The molecular formula is C22H21BrF3N3O4S. The van der Waals surface area contributed by atoms with Crippen molar-refractivity contribution >= 4 is 32.0 Å². The van der Waals surface area contributed by atoms with Gasteiger partial charge in [-0.1, -0.05) is 45.8 Å². The first-order valence-corrected chi connectivity index (χ1v) is 12.7. The number of alkyl halides is 4. The molecule has 1 aromatic heterocycles. The summed E-state index contributed by atoms with van der Waals surface area (Å²) in [5.41, 5.74) is 0.767. The monoisotopic (exact) mass is 559 g/mol. The molecule has 1 heterocycles. The van der Waals surface area contributed by atoms with Crippen LogP contribution in [-0.4, -0.2) is 36.2 Å². The zero-order chi connectivity index (χ0) is 24.9. The number of hydrogen-bond donors (Lipinski definition) is 1. The van der Waals surface area contributed by atoms with E-state index in [4.69, 9.17) is 4.74 Å². The molecule has 2 aromatic carbocycles. The number of aryl methyl sites for hydroxylation is 1. The van der Waals surface area contributed by atoms with E-state index in [-0.39, 0.29) is 22.9 Å². The first-order chi connectivity index (χ1) is 16.0. The van der Waals surface area contributed by atoms with Gasteiger partial charge in [-0.25, -0.2) is 22.6 Å². The average molecular weight is 560 g/mol. The predicted molar refractivity (Wildman–Crippen MR) is 123 cm³/mol. The minimum absolute atomic E-state index is 0.0640. The average Bonchev–Trinajstić information content (AvgIpc) is 3.23. The van der Waals surface area contributed by atoms with Gasteiger partial charge in [-0.3, -0.25) is 0 Å². The van der Waals surface area contributed by atoms with Gasteiger partial charge in [0.2, 0.25) is 0 Å². The van der Waals surface area contributed by atoms with Gasteiger partial charge >= 0.3 is 12.3 Å². The Morgan fingerprint density at radius 2 is 1.74 bits per heavy atom. The maximum Gasteiger partial charge on any atom is 0.435 e. The molecule has 3 aromatic rings. The minimum atomic E-state index is -4.66. The Morgan fingerprint density at radius 3 is 2.32 bits per heavy atom. The van der Waals surface area contributed by atoms with Crippen LogP contribution in [0.25, 0.3) is 16.9 Å². The van der Waals surface area contributed by atoms with Crippen LogP contribution in [0, 0.1) is 6.92 Å². The normalized spacial score (nSPS) is 11.9. The van der Waals surface area contributed by atoms with Crippen LogP contribution in [0.3, 0.4) is 0 Å². The molecule has 34 heavy (non-hydrogen) atoms. The second-order valence-electron chi connectivity index (χ2n) is 7.32. The van der Waals surface area contributed by atoms with Crippen molar-refractivity contribution in [2.75, 3.05) is 11.9 Å². The number of halogens is 4. The molecule has 3 rings (SSSR count). The van der Waals surface area contributed by atoms with Crippen molar-refractivity contribution in [2.24, 2.45) is 0 Å². The van der Waals surface area contributed by atoms with Crippen molar-refractivity contribution in [1.82, 2.24) is 14.5 Å². The standard InChI is InChI=1S/C22H21BrF3N3O4S/c1-15-4-6-16(7-5-15)19-14-20(22(24,25)26)27-29(19)17-8-10-18(11-9-17)34(31,32)28-21(30)33-13-3-2-12-23/h4-11,14H,2-3,12-13H2,1H3,(H,28,30). The van der Waals surface area contributed by atoms with E-state index in [0.717, 1.165) is 28.1 Å². The van der Waals surface area contributed by atoms with Gasteiger partial charge in [-0.15, -0.1) is 0 Å². The molecule has 0 saturated carbocycles. The smallest absolute Gasteiger partial charge is 0.435 e. The zero-order valence-electron chi connectivity index (χ0n) is 18.0. The highest BCUT2D eigenvalue weighted by molar-refractivity contribution is 9.09. The molecule has 0 radical (unpaired) electrons. The van der Waals surface area contributed by atoms with E-state index in [0.29, 0.717) is 12.0 Å². The van der Waals surface area contributed by atoms with Crippen molar-refractivity contribution in [1.29, 1.82) is 0 Å². The summed E-state index contributed by atoms with van der Waals surface area (Å²) in [5.74, 6) is 0. The number of aromatic nitrogens is 2. The third kappa shape index (κ3) is 6.38. The van der Waals surface area contributed by atoms with Gasteiger partial charge < -0.3 is 4.74 Å². The highest BCUT2D eigenvalue weighted by Gasteiger charge is 2.35. The maximum absolute atomic E-state index is 13.3. The Hall–Kier alpha value is -2.86. The quantitative estimate of drug-likeness (QED) is 0.292. The predicted octanol–water partition coefficient (Wildman–Crippen LogP) is 5.46. The number of sulfonamides is 1. The minimum Gasteiger partial charge on any atom is -0.449 e. The lowest BCUT2D eigenvalue weighted by atomic mass is 10.1. The summed E-state index contributed by atoms with van der Waals surface area (Å²) >= 11 is 3.24. The van der Waals surface area contributed by atoms with Crippen LogP contribution in [0.5, 0.6) is 0 Å². The number of ether oxygens (including phenoxy) is 1. The maximum atomic E-state index is 13.3. The second-order valence-corrected chi connectivity index (χ2v) is 9.80. The lowest BCUT2D eigenvalue weighted by Gasteiger charge is -2.10. The Morgan fingerprint density at radius 1 is 1.09 bits per heavy atom. The third-order valence-corrected chi connectivity index (χ3v) is 6.61. The van der Waals surface area contributed by atoms with E-state index in [2.05, 4.69) is 21.0 Å². The van der Waals surface area contributed by atoms with Crippen molar-refractivity contribution in [3.8, 4) is 16.9 Å². The summed E-state index contributed by atoms with van der Waals surface area (Å²) in [6.07, 6.45) is -4.44. The molecule has 0 aliphatic carbocycles. The number of nitrogens with zero attached hydrogens (tertiary/aromatic N) is 2.